The topological polar surface area (TPSA) is 36.9 Å². The van der Waals surface area contributed by atoms with E-state index in [-0.39, 0.29) is 12.4 Å². The van der Waals surface area contributed by atoms with Crippen molar-refractivity contribution >= 4 is 26.7 Å². The monoisotopic (exact) mass is 301 g/mol. The highest BCUT2D eigenvalue weighted by molar-refractivity contribution is 9.10. The van der Waals surface area contributed by atoms with Gasteiger partial charge in [-0.25, -0.2) is 0 Å². The molecule has 0 heterocycles. The SMILES string of the molecule is COc1ccc2cc(C[NH3+])ccc2c1Br.[Cl-]. The molecule has 16 heavy (non-hydrogen) atoms. The van der Waals surface area contributed by atoms with E-state index in [1.807, 2.05) is 6.07 Å². The number of methoxy groups -OCH3 is 1. The third-order valence-electron chi connectivity index (χ3n) is 2.49. The second-order valence-corrected chi connectivity index (χ2v) is 4.18. The van der Waals surface area contributed by atoms with Crippen molar-refractivity contribution in [2.45, 2.75) is 6.54 Å². The Hall–Kier alpha value is -0.770. The molecule has 0 bridgehead atoms. The van der Waals surface area contributed by atoms with E-state index in [2.05, 4.69) is 45.9 Å². The summed E-state index contributed by atoms with van der Waals surface area (Å²) in [5, 5.41) is 2.38. The Labute approximate surface area is 109 Å². The Bertz CT molecular complexity index is 502. The number of halogens is 2. The summed E-state index contributed by atoms with van der Waals surface area (Å²) in [5.74, 6) is 0.866. The summed E-state index contributed by atoms with van der Waals surface area (Å²) in [7, 11) is 1.68. The Balaban J connectivity index is 0.00000128. The molecule has 4 heteroatoms. The summed E-state index contributed by atoms with van der Waals surface area (Å²) in [6, 6.07) is 10.4. The quantitative estimate of drug-likeness (QED) is 0.787. The molecular weight excluding hydrogens is 289 g/mol. The third-order valence-corrected chi connectivity index (χ3v) is 3.31. The van der Waals surface area contributed by atoms with E-state index < -0.39 is 0 Å². The minimum absolute atomic E-state index is 0. The lowest BCUT2D eigenvalue weighted by Gasteiger charge is -2.07. The average molecular weight is 303 g/mol. The fourth-order valence-corrected chi connectivity index (χ4v) is 2.29. The van der Waals surface area contributed by atoms with Crippen LogP contribution in [0.1, 0.15) is 5.56 Å². The van der Waals surface area contributed by atoms with Crippen LogP contribution in [0.3, 0.4) is 0 Å². The number of fused-ring (bicyclic) bond motifs is 1. The van der Waals surface area contributed by atoms with Crippen LogP contribution < -0.4 is 22.9 Å². The number of ether oxygens (including phenoxy) is 1. The van der Waals surface area contributed by atoms with Crippen molar-refractivity contribution in [3.8, 4) is 5.75 Å². The van der Waals surface area contributed by atoms with Gasteiger partial charge in [0.15, 0.2) is 0 Å². The Kier molecular flexibility index (Phi) is 4.59. The molecule has 2 aromatic rings. The molecule has 0 atom stereocenters. The van der Waals surface area contributed by atoms with Gasteiger partial charge in [0.2, 0.25) is 0 Å². The van der Waals surface area contributed by atoms with Crippen LogP contribution in [0.2, 0.25) is 0 Å². The van der Waals surface area contributed by atoms with E-state index in [1.165, 1.54) is 16.3 Å². The molecular formula is C12H13BrClNO. The van der Waals surface area contributed by atoms with Gasteiger partial charge in [-0.3, -0.25) is 0 Å². The van der Waals surface area contributed by atoms with E-state index in [1.54, 1.807) is 7.11 Å². The number of hydrogen-bond donors (Lipinski definition) is 1. The molecule has 2 nitrogen and oxygen atoms in total. The van der Waals surface area contributed by atoms with E-state index in [9.17, 15) is 0 Å². The summed E-state index contributed by atoms with van der Waals surface area (Å²) >= 11 is 3.55. The largest absolute Gasteiger partial charge is 1.00 e. The highest BCUT2D eigenvalue weighted by Gasteiger charge is 2.05. The van der Waals surface area contributed by atoms with E-state index in [4.69, 9.17) is 4.74 Å². The zero-order valence-corrected chi connectivity index (χ0v) is 11.3. The molecule has 0 aromatic heterocycles. The molecule has 2 rings (SSSR count). The Morgan fingerprint density at radius 1 is 1.25 bits per heavy atom. The predicted octanol–water partition coefficient (Wildman–Crippen LogP) is -0.643. The summed E-state index contributed by atoms with van der Waals surface area (Å²) in [6.07, 6.45) is 0. The number of quaternary nitrogens is 1. The van der Waals surface area contributed by atoms with Crippen LogP contribution in [0, 0.1) is 0 Å². The van der Waals surface area contributed by atoms with Gasteiger partial charge in [-0.05, 0) is 38.8 Å². The highest BCUT2D eigenvalue weighted by Crippen LogP contribution is 2.33. The smallest absolute Gasteiger partial charge is 0.133 e. The standard InChI is InChI=1S/C12H12BrNO.ClH/c1-15-11-5-3-9-6-8(7-14)2-4-10(9)12(11)13;/h2-6H,7,14H2,1H3;1H. The van der Waals surface area contributed by atoms with Gasteiger partial charge in [0.1, 0.15) is 5.75 Å². The van der Waals surface area contributed by atoms with Crippen molar-refractivity contribution < 1.29 is 22.9 Å². The lowest BCUT2D eigenvalue weighted by atomic mass is 10.1. The van der Waals surface area contributed by atoms with Gasteiger partial charge in [0, 0.05) is 5.56 Å². The van der Waals surface area contributed by atoms with Gasteiger partial charge in [-0.15, -0.1) is 0 Å². The molecule has 0 aliphatic rings. The normalized spacial score (nSPS) is 9.94. The van der Waals surface area contributed by atoms with Crippen LogP contribution in [0.5, 0.6) is 5.75 Å². The van der Waals surface area contributed by atoms with Crippen molar-refractivity contribution in [2.24, 2.45) is 0 Å². The summed E-state index contributed by atoms with van der Waals surface area (Å²) in [4.78, 5) is 0. The maximum Gasteiger partial charge on any atom is 0.133 e. The molecule has 0 aliphatic heterocycles. The molecule has 0 saturated carbocycles. The average Bonchev–Trinajstić information content (AvgIpc) is 2.29. The van der Waals surface area contributed by atoms with Gasteiger partial charge >= 0.3 is 0 Å². The Morgan fingerprint density at radius 3 is 2.62 bits per heavy atom. The third kappa shape index (κ3) is 2.32. The van der Waals surface area contributed by atoms with Crippen LogP contribution in [-0.4, -0.2) is 7.11 Å². The van der Waals surface area contributed by atoms with Gasteiger partial charge in [-0.2, -0.15) is 0 Å². The molecule has 0 amide bonds. The van der Waals surface area contributed by atoms with Crippen molar-refractivity contribution in [3.63, 3.8) is 0 Å². The number of rotatable bonds is 2. The van der Waals surface area contributed by atoms with Crippen LogP contribution in [0.4, 0.5) is 0 Å². The summed E-state index contributed by atoms with van der Waals surface area (Å²) in [5.41, 5.74) is 5.13. The van der Waals surface area contributed by atoms with Crippen LogP contribution in [0.25, 0.3) is 10.8 Å². The van der Waals surface area contributed by atoms with E-state index in [0.29, 0.717) is 0 Å². The first-order chi connectivity index (χ1) is 7.26. The zero-order valence-electron chi connectivity index (χ0n) is 8.97. The van der Waals surface area contributed by atoms with E-state index in [0.717, 1.165) is 16.8 Å². The Morgan fingerprint density at radius 2 is 2.00 bits per heavy atom. The highest BCUT2D eigenvalue weighted by atomic mass is 79.9. The van der Waals surface area contributed by atoms with Crippen molar-refractivity contribution in [1.29, 1.82) is 0 Å². The van der Waals surface area contributed by atoms with Crippen LogP contribution in [0.15, 0.2) is 34.8 Å². The maximum absolute atomic E-state index is 5.25. The zero-order chi connectivity index (χ0) is 10.8. The second-order valence-electron chi connectivity index (χ2n) is 3.39. The molecule has 0 saturated heterocycles. The lowest BCUT2D eigenvalue weighted by Crippen LogP contribution is -3.00. The maximum atomic E-state index is 5.25. The fourth-order valence-electron chi connectivity index (χ4n) is 1.63. The molecule has 0 spiro atoms. The first-order valence-corrected chi connectivity index (χ1v) is 5.60. The molecule has 86 valence electrons. The molecule has 0 radical (unpaired) electrons. The summed E-state index contributed by atoms with van der Waals surface area (Å²) < 4.78 is 6.26. The number of benzene rings is 2. The lowest BCUT2D eigenvalue weighted by molar-refractivity contribution is -0.386. The van der Waals surface area contributed by atoms with Crippen molar-refractivity contribution in [1.82, 2.24) is 0 Å². The second kappa shape index (κ2) is 5.53. The number of hydrogen-bond acceptors (Lipinski definition) is 1. The minimum atomic E-state index is 0. The summed E-state index contributed by atoms with van der Waals surface area (Å²) in [6.45, 7) is 0.819. The molecule has 0 unspecified atom stereocenters. The molecule has 2 aromatic carbocycles. The van der Waals surface area contributed by atoms with Crippen LogP contribution in [-0.2, 0) is 6.54 Å². The minimum Gasteiger partial charge on any atom is -1.00 e. The molecule has 0 fully saturated rings. The molecule has 0 aliphatic carbocycles. The fraction of sp³-hybridized carbons (Fsp3) is 0.167. The van der Waals surface area contributed by atoms with E-state index >= 15 is 0 Å². The van der Waals surface area contributed by atoms with Crippen molar-refractivity contribution in [2.75, 3.05) is 7.11 Å². The predicted molar refractivity (Wildman–Crippen MR) is 64.8 cm³/mol. The van der Waals surface area contributed by atoms with Crippen molar-refractivity contribution in [3.05, 3.63) is 40.4 Å². The van der Waals surface area contributed by atoms with Gasteiger partial charge in [0.25, 0.3) is 0 Å². The first kappa shape index (κ1) is 13.3. The van der Waals surface area contributed by atoms with Crippen LogP contribution >= 0.6 is 15.9 Å². The molecule has 3 N–H and O–H groups in total. The van der Waals surface area contributed by atoms with Gasteiger partial charge in [-0.1, -0.05) is 18.2 Å². The first-order valence-electron chi connectivity index (χ1n) is 4.80. The van der Waals surface area contributed by atoms with Gasteiger partial charge in [0.05, 0.1) is 18.1 Å². The van der Waals surface area contributed by atoms with Gasteiger partial charge < -0.3 is 22.9 Å².